The summed E-state index contributed by atoms with van der Waals surface area (Å²) in [5.74, 6) is 0.147. The van der Waals surface area contributed by atoms with Crippen LogP contribution in [0.2, 0.25) is 0 Å². The Hall–Kier alpha value is -2.08. The number of carbonyl (C=O) groups excluding carboxylic acids is 1. The second-order valence-corrected chi connectivity index (χ2v) is 8.39. The number of rotatable bonds is 4. The van der Waals surface area contributed by atoms with Gasteiger partial charge in [0.1, 0.15) is 0 Å². The first-order valence-corrected chi connectivity index (χ1v) is 10.5. The molecule has 1 amide bonds. The quantitative estimate of drug-likeness (QED) is 0.625. The summed E-state index contributed by atoms with van der Waals surface area (Å²) in [7, 11) is 0. The molecule has 0 radical (unpaired) electrons. The largest absolute Gasteiger partial charge is 1.00 e. The normalized spacial score (nSPS) is 24.4. The van der Waals surface area contributed by atoms with Gasteiger partial charge in [0.15, 0.2) is 6.04 Å². The molecule has 6 heteroatoms. The van der Waals surface area contributed by atoms with Gasteiger partial charge in [-0.2, -0.15) is 0 Å². The Bertz CT molecular complexity index is 1040. The summed E-state index contributed by atoms with van der Waals surface area (Å²) in [5.41, 5.74) is 3.38. The van der Waals surface area contributed by atoms with Gasteiger partial charge in [0.2, 0.25) is 0 Å². The Morgan fingerprint density at radius 3 is 2.38 bits per heavy atom. The molecule has 0 aliphatic carbocycles. The van der Waals surface area contributed by atoms with Crippen molar-refractivity contribution in [3.63, 3.8) is 0 Å². The number of carbonyl (C=O) groups is 1. The van der Waals surface area contributed by atoms with E-state index < -0.39 is 0 Å². The maximum atomic E-state index is 13.1. The van der Waals surface area contributed by atoms with E-state index in [1.165, 1.54) is 21.8 Å². The summed E-state index contributed by atoms with van der Waals surface area (Å²) in [6.45, 7) is 11.9. The average Bonchev–Trinajstić information content (AvgIpc) is 3.07. The topological polar surface area (TPSA) is 37.3 Å². The molecule has 5 nitrogen and oxygen atoms in total. The van der Waals surface area contributed by atoms with Crippen molar-refractivity contribution < 1.29 is 21.7 Å². The van der Waals surface area contributed by atoms with Crippen molar-refractivity contribution in [1.29, 1.82) is 0 Å². The number of quaternary nitrogens is 1. The molecule has 1 N–H and O–H groups in total. The second-order valence-electron chi connectivity index (χ2n) is 8.39. The summed E-state index contributed by atoms with van der Waals surface area (Å²) >= 11 is 0. The highest BCUT2D eigenvalue weighted by molar-refractivity contribution is 6.10. The fourth-order valence-electron chi connectivity index (χ4n) is 5.24. The maximum Gasteiger partial charge on any atom is 0.282 e. The molecule has 154 valence electrons. The van der Waals surface area contributed by atoms with Crippen molar-refractivity contribution in [3.05, 3.63) is 42.5 Å². The molecular weight excluding hydrogens is 384 g/mol. The molecule has 1 aromatic heterocycles. The molecular formula is C23H29ClN4O. The van der Waals surface area contributed by atoms with Crippen LogP contribution in [0.4, 0.5) is 5.69 Å². The molecule has 4 heterocycles. The smallest absolute Gasteiger partial charge is 0.282 e. The lowest BCUT2D eigenvalue weighted by atomic mass is 10.1. The minimum Gasteiger partial charge on any atom is -1.00 e. The van der Waals surface area contributed by atoms with Crippen molar-refractivity contribution in [3.8, 4) is 0 Å². The van der Waals surface area contributed by atoms with Crippen LogP contribution < -0.4 is 17.7 Å². The summed E-state index contributed by atoms with van der Waals surface area (Å²) < 4.78 is 3.28. The van der Waals surface area contributed by atoms with Gasteiger partial charge in [-0.3, -0.25) is 9.69 Å². The van der Waals surface area contributed by atoms with Crippen LogP contribution in [-0.2, 0) is 11.3 Å². The summed E-state index contributed by atoms with van der Waals surface area (Å²) in [6, 6.07) is 14.8. The fraction of sp³-hybridized carbons (Fsp3) is 0.435. The van der Waals surface area contributed by atoms with Gasteiger partial charge in [-0.1, -0.05) is 18.2 Å². The minimum absolute atomic E-state index is 0. The number of aryl methyl sites for hydroxylation is 1. The standard InChI is InChI=1S/C23H28N4O.ClH/c1-3-26-21-7-5-4-6-19(21)20-16-18(8-9-22(20)26)24-23(28)17(2)27-13-10-25(11-14-27)12-15-27;/h4-9,16-17H,3,10-15H2,1-2H3;1H. The van der Waals surface area contributed by atoms with Crippen molar-refractivity contribution in [2.45, 2.75) is 26.4 Å². The van der Waals surface area contributed by atoms with Gasteiger partial charge in [-0.05, 0) is 38.1 Å². The van der Waals surface area contributed by atoms with Crippen molar-refractivity contribution in [1.82, 2.24) is 9.47 Å². The number of benzene rings is 2. The van der Waals surface area contributed by atoms with Gasteiger partial charge in [-0.25, -0.2) is 0 Å². The lowest BCUT2D eigenvalue weighted by molar-refractivity contribution is -0.953. The highest BCUT2D eigenvalue weighted by Crippen LogP contribution is 2.31. The van der Waals surface area contributed by atoms with Crippen molar-refractivity contribution in [2.75, 3.05) is 44.6 Å². The van der Waals surface area contributed by atoms with Gasteiger partial charge < -0.3 is 26.8 Å². The SMILES string of the molecule is CCn1c2ccccc2c2cc(NC(=O)C(C)[N+]34CCN(CC3)CC4)ccc21.[Cl-]. The number of hydrogen-bond donors (Lipinski definition) is 1. The molecule has 29 heavy (non-hydrogen) atoms. The van der Waals surface area contributed by atoms with Gasteiger partial charge in [0.05, 0.1) is 19.6 Å². The van der Waals surface area contributed by atoms with Crippen LogP contribution >= 0.6 is 0 Å². The monoisotopic (exact) mass is 412 g/mol. The number of amides is 1. The van der Waals surface area contributed by atoms with Crippen LogP contribution in [0.5, 0.6) is 0 Å². The van der Waals surface area contributed by atoms with Gasteiger partial charge >= 0.3 is 0 Å². The molecule has 2 bridgehead atoms. The maximum absolute atomic E-state index is 13.1. The highest BCUT2D eigenvalue weighted by Gasteiger charge is 2.45. The summed E-state index contributed by atoms with van der Waals surface area (Å²) in [6.07, 6.45) is 0. The molecule has 3 aliphatic heterocycles. The third-order valence-electron chi connectivity index (χ3n) is 7.14. The van der Waals surface area contributed by atoms with E-state index in [0.717, 1.165) is 56.0 Å². The van der Waals surface area contributed by atoms with Crippen LogP contribution in [-0.4, -0.2) is 65.2 Å². The number of hydrogen-bond acceptors (Lipinski definition) is 2. The Labute approximate surface area is 178 Å². The predicted octanol–water partition coefficient (Wildman–Crippen LogP) is 0.291. The lowest BCUT2D eigenvalue weighted by Gasteiger charge is -2.52. The van der Waals surface area contributed by atoms with Crippen LogP contribution in [0.25, 0.3) is 21.8 Å². The van der Waals surface area contributed by atoms with E-state index in [1.807, 2.05) is 6.07 Å². The van der Waals surface area contributed by atoms with Crippen LogP contribution in [0, 0.1) is 0 Å². The third kappa shape index (κ3) is 3.21. The molecule has 0 saturated carbocycles. The third-order valence-corrected chi connectivity index (χ3v) is 7.14. The van der Waals surface area contributed by atoms with E-state index in [9.17, 15) is 4.79 Å². The van der Waals surface area contributed by atoms with Gasteiger partial charge in [0, 0.05) is 53.7 Å². The zero-order valence-electron chi connectivity index (χ0n) is 17.2. The number of fused-ring (bicyclic) bond motifs is 6. The number of nitrogens with one attached hydrogen (secondary N) is 1. The Balaban J connectivity index is 0.00000205. The summed E-state index contributed by atoms with van der Waals surface area (Å²) in [5, 5.41) is 5.68. The van der Waals surface area contributed by atoms with Gasteiger partial charge in [-0.15, -0.1) is 0 Å². The number of piperazine rings is 3. The molecule has 3 saturated heterocycles. The Morgan fingerprint density at radius 1 is 1.03 bits per heavy atom. The molecule has 3 fully saturated rings. The van der Waals surface area contributed by atoms with E-state index in [2.05, 4.69) is 65.0 Å². The minimum atomic E-state index is -0.00451. The summed E-state index contributed by atoms with van der Waals surface area (Å²) in [4.78, 5) is 15.6. The molecule has 1 unspecified atom stereocenters. The van der Waals surface area contributed by atoms with Crippen LogP contribution in [0.1, 0.15) is 13.8 Å². The van der Waals surface area contributed by atoms with Crippen LogP contribution in [0.3, 0.4) is 0 Å². The first-order chi connectivity index (χ1) is 13.6. The molecule has 1 atom stereocenters. The van der Waals surface area contributed by atoms with Crippen molar-refractivity contribution in [2.24, 2.45) is 0 Å². The highest BCUT2D eigenvalue weighted by atomic mass is 35.5. The van der Waals surface area contributed by atoms with Crippen LogP contribution in [0.15, 0.2) is 42.5 Å². The number of para-hydroxylation sites is 1. The predicted molar refractivity (Wildman–Crippen MR) is 115 cm³/mol. The zero-order valence-corrected chi connectivity index (χ0v) is 18.0. The average molecular weight is 413 g/mol. The Kier molecular flexibility index (Phi) is 5.32. The van der Waals surface area contributed by atoms with E-state index in [1.54, 1.807) is 0 Å². The van der Waals surface area contributed by atoms with Crippen molar-refractivity contribution >= 4 is 33.4 Å². The van der Waals surface area contributed by atoms with E-state index in [0.29, 0.717) is 0 Å². The molecule has 3 aromatic rings. The number of anilines is 1. The van der Waals surface area contributed by atoms with E-state index in [4.69, 9.17) is 0 Å². The number of nitrogens with zero attached hydrogens (tertiary/aromatic N) is 3. The first-order valence-electron chi connectivity index (χ1n) is 10.5. The molecule has 2 aromatic carbocycles. The zero-order chi connectivity index (χ0) is 19.3. The molecule has 0 spiro atoms. The molecule has 6 rings (SSSR count). The first kappa shape index (κ1) is 20.2. The van der Waals surface area contributed by atoms with E-state index in [-0.39, 0.29) is 24.4 Å². The second kappa shape index (κ2) is 7.63. The van der Waals surface area contributed by atoms with E-state index >= 15 is 0 Å². The number of aromatic nitrogens is 1. The van der Waals surface area contributed by atoms with Gasteiger partial charge in [0.25, 0.3) is 5.91 Å². The number of halogens is 1. The Morgan fingerprint density at radius 2 is 1.69 bits per heavy atom. The molecule has 3 aliphatic rings. The fourth-order valence-corrected chi connectivity index (χ4v) is 5.24. The lowest BCUT2D eigenvalue weighted by Crippen LogP contribution is -3.00.